The molecule has 0 rings (SSSR count). The van der Waals surface area contributed by atoms with Crippen LogP contribution < -0.4 is 56.6 Å². The summed E-state index contributed by atoms with van der Waals surface area (Å²) in [5, 5.41) is 0. The molecule has 13 heteroatoms. The molecule has 0 spiro atoms. The molecule has 0 unspecified atom stereocenters. The third kappa shape index (κ3) is 767. The van der Waals surface area contributed by atoms with Gasteiger partial charge in [0.2, 0.25) is 10.4 Å². The van der Waals surface area contributed by atoms with E-state index >= 15 is 0 Å². The topological polar surface area (TPSA) is 158 Å². The fraction of sp³-hybridized carbons (Fsp3) is 0. The Kier molecular flexibility index (Phi) is 26.1. The van der Waals surface area contributed by atoms with Crippen molar-refractivity contribution in [2.75, 3.05) is 0 Å². The van der Waals surface area contributed by atoms with Crippen molar-refractivity contribution in [3.8, 4) is 0 Å². The Morgan fingerprint density at radius 2 is 0.769 bits per heavy atom. The molecule has 0 aromatic carbocycles. The summed E-state index contributed by atoms with van der Waals surface area (Å²) >= 11 is 0. The van der Waals surface area contributed by atoms with Crippen LogP contribution in [0.15, 0.2) is 0 Å². The summed E-state index contributed by atoms with van der Waals surface area (Å²) < 4.78 is 66.9. The van der Waals surface area contributed by atoms with E-state index in [-0.39, 0.29) is 56.6 Å². The van der Waals surface area contributed by atoms with Crippen LogP contribution in [0.2, 0.25) is 0 Å². The first-order chi connectivity index (χ1) is 4.00. The second-order valence-electron chi connectivity index (χ2n) is 0.836. The minimum atomic E-state index is -5.17. The number of rotatable bonds is 0. The van der Waals surface area contributed by atoms with E-state index in [1.165, 1.54) is 0 Å². The van der Waals surface area contributed by atoms with E-state index in [0.29, 0.717) is 0 Å². The summed E-state index contributed by atoms with van der Waals surface area (Å²) in [6.45, 7) is 0. The SMILES string of the molecule is O=S(=O)([O-])O.O=S(=O)([O-])[O-].[Li+].[Li+].[Li+]. The summed E-state index contributed by atoms with van der Waals surface area (Å²) in [6, 6.07) is 0. The van der Waals surface area contributed by atoms with Crippen molar-refractivity contribution in [1.29, 1.82) is 0 Å². The van der Waals surface area contributed by atoms with Crippen LogP contribution in [0.4, 0.5) is 0 Å². The number of hydrogen-bond donors (Lipinski definition) is 1. The summed E-state index contributed by atoms with van der Waals surface area (Å²) in [4.78, 5) is 0. The van der Waals surface area contributed by atoms with Crippen LogP contribution in [0.1, 0.15) is 0 Å². The maximum Gasteiger partial charge on any atom is 1.00 e. The average Bonchev–Trinajstić information content (AvgIpc) is 1.12. The molecule has 0 saturated heterocycles. The molecule has 0 aromatic heterocycles. The van der Waals surface area contributed by atoms with Gasteiger partial charge in [-0.1, -0.05) is 0 Å². The molecule has 8 nitrogen and oxygen atoms in total. The van der Waals surface area contributed by atoms with E-state index in [1.54, 1.807) is 0 Å². The molecule has 13 heavy (non-hydrogen) atoms. The van der Waals surface area contributed by atoms with Gasteiger partial charge in [0.15, 0.2) is 0 Å². The van der Waals surface area contributed by atoms with Gasteiger partial charge >= 0.3 is 56.6 Å². The van der Waals surface area contributed by atoms with Crippen LogP contribution in [0, 0.1) is 0 Å². The fourth-order valence-electron chi connectivity index (χ4n) is 0. The molecule has 0 saturated carbocycles. The monoisotopic (exact) mass is 214 g/mol. The molecule has 0 amide bonds. The van der Waals surface area contributed by atoms with Crippen LogP contribution >= 0.6 is 0 Å². The van der Waals surface area contributed by atoms with Crippen LogP contribution in [-0.2, 0) is 20.8 Å². The molecule has 0 aliphatic rings. The summed E-state index contributed by atoms with van der Waals surface area (Å²) in [5.74, 6) is 0. The zero-order valence-electron chi connectivity index (χ0n) is 7.12. The van der Waals surface area contributed by atoms with Gasteiger partial charge in [0, 0.05) is 10.4 Å². The van der Waals surface area contributed by atoms with Gasteiger partial charge < -0.3 is 13.7 Å². The smallest absolute Gasteiger partial charge is 0.759 e. The van der Waals surface area contributed by atoms with E-state index in [0.717, 1.165) is 0 Å². The van der Waals surface area contributed by atoms with Gasteiger partial charge in [0.25, 0.3) is 0 Å². The van der Waals surface area contributed by atoms with Gasteiger partial charge in [-0.15, -0.1) is 0 Å². The first-order valence-electron chi connectivity index (χ1n) is 1.35. The summed E-state index contributed by atoms with van der Waals surface area (Å²) in [7, 11) is -10.1. The fourth-order valence-corrected chi connectivity index (χ4v) is 0. The molecular weight excluding hydrogens is 213 g/mol. The van der Waals surface area contributed by atoms with Crippen molar-refractivity contribution in [2.45, 2.75) is 0 Å². The molecule has 0 heterocycles. The van der Waals surface area contributed by atoms with Crippen LogP contribution in [0.5, 0.6) is 0 Å². The third-order valence-electron chi connectivity index (χ3n) is 0. The van der Waals surface area contributed by atoms with Gasteiger partial charge in [-0.05, 0) is 0 Å². The molecule has 1 N–H and O–H groups in total. The molecule has 0 radical (unpaired) electrons. The Morgan fingerprint density at radius 1 is 0.769 bits per heavy atom. The van der Waals surface area contributed by atoms with Crippen LogP contribution in [0.3, 0.4) is 0 Å². The largest absolute Gasteiger partial charge is 1.00 e. The first kappa shape index (κ1) is 29.3. The molecule has 0 fully saturated rings. The van der Waals surface area contributed by atoms with Crippen LogP contribution in [-0.4, -0.2) is 35.0 Å². The van der Waals surface area contributed by atoms with Crippen LogP contribution in [0.25, 0.3) is 0 Å². The number of hydrogen-bond acceptors (Lipinski definition) is 7. The van der Waals surface area contributed by atoms with Crippen molar-refractivity contribution in [3.05, 3.63) is 0 Å². The second kappa shape index (κ2) is 11.6. The summed E-state index contributed by atoms with van der Waals surface area (Å²) in [5.41, 5.74) is 0. The Morgan fingerprint density at radius 3 is 0.769 bits per heavy atom. The van der Waals surface area contributed by atoms with Crippen molar-refractivity contribution < 1.29 is 91.6 Å². The zero-order chi connectivity index (χ0) is 9.00. The van der Waals surface area contributed by atoms with Gasteiger partial charge in [0.05, 0.1) is 0 Å². The minimum absolute atomic E-state index is 0. The van der Waals surface area contributed by atoms with Crippen molar-refractivity contribution in [1.82, 2.24) is 0 Å². The van der Waals surface area contributed by atoms with Gasteiger partial charge in [-0.25, -0.2) is 8.42 Å². The molecule has 0 aliphatic heterocycles. The standard InChI is InChI=1S/3Li.2H2O4S/c;;;2*1-5(2,3)4/h;;;2*(H2,1,2,3,4)/q3*+1;;/p-3. The molecule has 0 aromatic rings. The third-order valence-corrected chi connectivity index (χ3v) is 0. The Hall–Kier alpha value is 1.53. The Bertz CT molecular complexity index is 214. The van der Waals surface area contributed by atoms with E-state index in [9.17, 15) is 0 Å². The zero-order valence-corrected chi connectivity index (χ0v) is 8.75. The molecule has 0 aliphatic carbocycles. The molecular formula is HLi3O8S2. The molecule has 0 bridgehead atoms. The van der Waals surface area contributed by atoms with Crippen molar-refractivity contribution in [3.63, 3.8) is 0 Å². The van der Waals surface area contributed by atoms with E-state index in [1.807, 2.05) is 0 Å². The van der Waals surface area contributed by atoms with E-state index in [4.69, 9.17) is 35.0 Å². The van der Waals surface area contributed by atoms with Crippen molar-refractivity contribution in [2.24, 2.45) is 0 Å². The van der Waals surface area contributed by atoms with E-state index in [2.05, 4.69) is 0 Å². The van der Waals surface area contributed by atoms with Crippen molar-refractivity contribution >= 4 is 20.8 Å². The summed E-state index contributed by atoms with van der Waals surface area (Å²) in [6.07, 6.45) is 0. The second-order valence-corrected chi connectivity index (χ2v) is 2.51. The maximum absolute atomic E-state index is 8.63. The average molecular weight is 214 g/mol. The first-order valence-corrected chi connectivity index (χ1v) is 4.05. The predicted molar refractivity (Wildman–Crippen MR) is 22.8 cm³/mol. The minimum Gasteiger partial charge on any atom is -0.759 e. The quantitative estimate of drug-likeness (QED) is 0.236. The molecule has 0 atom stereocenters. The van der Waals surface area contributed by atoms with E-state index < -0.39 is 20.8 Å². The predicted octanol–water partition coefficient (Wildman–Crippen LogP) is -11.3. The van der Waals surface area contributed by atoms with Gasteiger partial charge in [-0.3, -0.25) is 13.0 Å². The van der Waals surface area contributed by atoms with Gasteiger partial charge in [-0.2, -0.15) is 0 Å². The molecule has 64 valence electrons. The Labute approximate surface area is 112 Å². The Balaban J connectivity index is -0.0000000267. The maximum atomic E-state index is 8.63. The van der Waals surface area contributed by atoms with Gasteiger partial charge in [0.1, 0.15) is 0 Å². The normalized spacial score (nSPS) is 8.92.